The third kappa shape index (κ3) is 3.76. The molecule has 4 aromatic heterocycles. The molecule has 0 aliphatic carbocycles. The van der Waals surface area contributed by atoms with Crippen molar-refractivity contribution in [2.24, 2.45) is 0 Å². The van der Waals surface area contributed by atoms with Crippen LogP contribution in [0.4, 0.5) is 0 Å². The highest BCUT2D eigenvalue weighted by Crippen LogP contribution is 2.29. The molecule has 0 unspecified atom stereocenters. The largest absolute Gasteiger partial charge is 0.346 e. The fraction of sp³-hybridized carbons (Fsp3) is 0.0909. The Bertz CT molecular complexity index is 1540. The standard InChI is InChI=1S/C22H19N5O3S/c28-22-20-9-16(19-12-24-21-18(19)5-2-6-23-21)13-27(20)17(11-25-22)8-14-3-1-4-15(7-14)10-26-31(29)30/h1-7,9,11-13,31H,8,10H2,(H,23,24)(H,25,28)(H,26,29,30). The van der Waals surface area contributed by atoms with Crippen LogP contribution in [0.5, 0.6) is 0 Å². The van der Waals surface area contributed by atoms with Crippen LogP contribution in [-0.2, 0) is 23.9 Å². The molecule has 31 heavy (non-hydrogen) atoms. The lowest BCUT2D eigenvalue weighted by atomic mass is 10.1. The van der Waals surface area contributed by atoms with Crippen molar-refractivity contribution in [1.82, 2.24) is 24.1 Å². The number of rotatable bonds is 6. The number of hydrogen-bond donors (Lipinski definition) is 4. The number of aromatic amines is 2. The van der Waals surface area contributed by atoms with E-state index in [0.717, 1.165) is 39.0 Å². The Labute approximate surface area is 178 Å². The Morgan fingerprint density at radius 1 is 1.03 bits per heavy atom. The average Bonchev–Trinajstić information content (AvgIpc) is 3.40. The number of benzene rings is 1. The molecule has 0 bridgehead atoms. The second-order valence-electron chi connectivity index (χ2n) is 7.28. The molecule has 0 aliphatic heterocycles. The molecule has 5 aromatic rings. The molecule has 0 amide bonds. The number of nitrogens with one attached hydrogen (secondary N) is 3. The van der Waals surface area contributed by atoms with Crippen molar-refractivity contribution in [3.8, 4) is 11.1 Å². The van der Waals surface area contributed by atoms with E-state index < -0.39 is 10.9 Å². The average molecular weight is 433 g/mol. The zero-order valence-electron chi connectivity index (χ0n) is 16.3. The van der Waals surface area contributed by atoms with Crippen LogP contribution in [0.3, 0.4) is 0 Å². The van der Waals surface area contributed by atoms with E-state index >= 15 is 0 Å². The van der Waals surface area contributed by atoms with Crippen LogP contribution < -0.4 is 10.3 Å². The summed E-state index contributed by atoms with van der Waals surface area (Å²) in [5.74, 6) is 0. The summed E-state index contributed by atoms with van der Waals surface area (Å²) in [5, 5.41) is 0.994. The number of hydrogen-bond acceptors (Lipinski definition) is 4. The summed E-state index contributed by atoms with van der Waals surface area (Å²) in [6.45, 7) is 0.246. The number of H-pyrrole nitrogens is 2. The highest BCUT2D eigenvalue weighted by Gasteiger charge is 2.13. The lowest BCUT2D eigenvalue weighted by Crippen LogP contribution is -2.12. The second-order valence-corrected chi connectivity index (χ2v) is 8.11. The van der Waals surface area contributed by atoms with Crippen LogP contribution in [0.1, 0.15) is 16.8 Å². The van der Waals surface area contributed by atoms with Gasteiger partial charge in [-0.25, -0.2) is 18.1 Å². The molecular weight excluding hydrogens is 414 g/mol. The van der Waals surface area contributed by atoms with Gasteiger partial charge >= 0.3 is 0 Å². The third-order valence-corrected chi connectivity index (χ3v) is 5.70. The minimum Gasteiger partial charge on any atom is -0.346 e. The number of nitrogens with zero attached hydrogens (tertiary/aromatic N) is 2. The van der Waals surface area contributed by atoms with E-state index in [1.165, 1.54) is 0 Å². The molecule has 9 heteroatoms. The van der Waals surface area contributed by atoms with Crippen LogP contribution in [0, 0.1) is 0 Å². The fourth-order valence-corrected chi connectivity index (χ4v) is 4.17. The van der Waals surface area contributed by atoms with Gasteiger partial charge in [-0.2, -0.15) is 0 Å². The molecular formula is C22H19N5O3S. The molecule has 1 aromatic carbocycles. The first-order valence-electron chi connectivity index (χ1n) is 9.69. The van der Waals surface area contributed by atoms with E-state index in [4.69, 9.17) is 0 Å². The van der Waals surface area contributed by atoms with Crippen molar-refractivity contribution < 1.29 is 8.42 Å². The smallest absolute Gasteiger partial charge is 0.272 e. The maximum atomic E-state index is 12.5. The van der Waals surface area contributed by atoms with Crippen LogP contribution in [0.15, 0.2) is 72.0 Å². The number of thiol groups is 1. The minimum atomic E-state index is -2.64. The molecule has 0 radical (unpaired) electrons. The van der Waals surface area contributed by atoms with Gasteiger partial charge in [-0.05, 0) is 29.3 Å². The molecule has 3 N–H and O–H groups in total. The summed E-state index contributed by atoms with van der Waals surface area (Å²) in [5.41, 5.74) is 5.91. The predicted molar refractivity (Wildman–Crippen MR) is 120 cm³/mol. The molecule has 0 saturated heterocycles. The van der Waals surface area contributed by atoms with Gasteiger partial charge in [-0.15, -0.1) is 0 Å². The minimum absolute atomic E-state index is 0.162. The Morgan fingerprint density at radius 2 is 1.90 bits per heavy atom. The highest BCUT2D eigenvalue weighted by atomic mass is 32.2. The van der Waals surface area contributed by atoms with Crippen molar-refractivity contribution in [2.45, 2.75) is 13.0 Å². The van der Waals surface area contributed by atoms with E-state index in [1.807, 2.05) is 59.3 Å². The van der Waals surface area contributed by atoms with E-state index in [2.05, 4.69) is 19.7 Å². The maximum Gasteiger partial charge on any atom is 0.272 e. The molecule has 0 fully saturated rings. The number of fused-ring (bicyclic) bond motifs is 2. The molecule has 0 spiro atoms. The molecule has 0 aliphatic rings. The lowest BCUT2D eigenvalue weighted by Gasteiger charge is -2.08. The van der Waals surface area contributed by atoms with Crippen LogP contribution >= 0.6 is 0 Å². The second kappa shape index (κ2) is 7.86. The van der Waals surface area contributed by atoms with Gasteiger partial charge in [0.15, 0.2) is 0 Å². The topological polar surface area (TPSA) is 112 Å². The van der Waals surface area contributed by atoms with E-state index in [1.54, 1.807) is 12.4 Å². The molecule has 8 nitrogen and oxygen atoms in total. The molecule has 5 rings (SSSR count). The Kier molecular flexibility index (Phi) is 4.89. The summed E-state index contributed by atoms with van der Waals surface area (Å²) in [4.78, 5) is 22.8. The first-order chi connectivity index (χ1) is 15.1. The van der Waals surface area contributed by atoms with E-state index in [9.17, 15) is 13.2 Å². The van der Waals surface area contributed by atoms with Crippen molar-refractivity contribution >= 4 is 27.4 Å². The first kappa shape index (κ1) is 19.3. The van der Waals surface area contributed by atoms with Crippen molar-refractivity contribution in [3.05, 3.63) is 94.4 Å². The molecule has 4 heterocycles. The van der Waals surface area contributed by atoms with Crippen LogP contribution in [-0.4, -0.2) is 27.8 Å². The predicted octanol–water partition coefficient (Wildman–Crippen LogP) is 2.38. The van der Waals surface area contributed by atoms with Gasteiger partial charge < -0.3 is 14.4 Å². The Morgan fingerprint density at radius 3 is 2.77 bits per heavy atom. The summed E-state index contributed by atoms with van der Waals surface area (Å²) < 4.78 is 25.9. The zero-order chi connectivity index (χ0) is 21.4. The van der Waals surface area contributed by atoms with Crippen molar-refractivity contribution in [3.63, 3.8) is 0 Å². The van der Waals surface area contributed by atoms with Crippen molar-refractivity contribution in [1.29, 1.82) is 0 Å². The van der Waals surface area contributed by atoms with Gasteiger partial charge in [-0.1, -0.05) is 24.3 Å². The Balaban J connectivity index is 1.54. The van der Waals surface area contributed by atoms with Gasteiger partial charge in [0.25, 0.3) is 5.56 Å². The fourth-order valence-electron chi connectivity index (χ4n) is 3.86. The van der Waals surface area contributed by atoms with Crippen LogP contribution in [0.25, 0.3) is 27.7 Å². The van der Waals surface area contributed by atoms with Gasteiger partial charge in [0.05, 0.1) is 0 Å². The van der Waals surface area contributed by atoms with Crippen LogP contribution in [0.2, 0.25) is 0 Å². The number of aromatic nitrogens is 4. The van der Waals surface area contributed by atoms with Crippen molar-refractivity contribution in [2.75, 3.05) is 0 Å². The lowest BCUT2D eigenvalue weighted by molar-refractivity contribution is 0.601. The summed E-state index contributed by atoms with van der Waals surface area (Å²) in [6.07, 6.45) is 7.89. The van der Waals surface area contributed by atoms with Gasteiger partial charge in [0, 0.05) is 60.0 Å². The number of pyridine rings is 1. The van der Waals surface area contributed by atoms with Gasteiger partial charge in [0.2, 0.25) is 10.9 Å². The Hall–Kier alpha value is -3.69. The van der Waals surface area contributed by atoms with Gasteiger partial charge in [0.1, 0.15) is 11.2 Å². The SMILES string of the molecule is O=c1[nH]cc(Cc2cccc(CN[SH](=O)=O)c2)n2cc(-c3c[nH]c4ncccc34)cc12. The molecule has 0 atom stereocenters. The monoisotopic (exact) mass is 433 g/mol. The summed E-state index contributed by atoms with van der Waals surface area (Å²) in [7, 11) is -2.64. The highest BCUT2D eigenvalue weighted by molar-refractivity contribution is 7.70. The quantitative estimate of drug-likeness (QED) is 0.308. The normalized spacial score (nSPS) is 11.6. The maximum absolute atomic E-state index is 12.5. The molecule has 0 saturated carbocycles. The first-order valence-corrected chi connectivity index (χ1v) is 10.9. The van der Waals surface area contributed by atoms with Gasteiger partial charge in [-0.3, -0.25) is 4.79 Å². The summed E-state index contributed by atoms with van der Waals surface area (Å²) in [6, 6.07) is 13.5. The molecule has 156 valence electrons. The third-order valence-electron chi connectivity index (χ3n) is 5.28. The van der Waals surface area contributed by atoms with E-state index in [-0.39, 0.29) is 12.1 Å². The zero-order valence-corrected chi connectivity index (χ0v) is 17.2. The summed E-state index contributed by atoms with van der Waals surface area (Å²) >= 11 is 0. The van der Waals surface area contributed by atoms with E-state index in [0.29, 0.717) is 11.9 Å².